The molecule has 10 rings (SSSR count). The Labute approximate surface area is 307 Å². The van der Waals surface area contributed by atoms with Crippen molar-refractivity contribution >= 4 is 70.1 Å². The van der Waals surface area contributed by atoms with Gasteiger partial charge in [0.25, 0.3) is 0 Å². The molecule has 0 bridgehead atoms. The second-order valence-corrected chi connectivity index (χ2v) is 14.4. The topological polar surface area (TPSA) is 3.24 Å². The Balaban J connectivity index is 1.03. The monoisotopic (exact) mass is 679 g/mol. The maximum absolute atomic E-state index is 2.36. The largest absolute Gasteiger partial charge is 0.310 e. The lowest BCUT2D eigenvalue weighted by Gasteiger charge is -2.26. The fourth-order valence-corrected chi connectivity index (χ4v) is 8.84. The zero-order valence-corrected chi connectivity index (χ0v) is 29.2. The normalized spacial score (nSPS) is 11.5. The van der Waals surface area contributed by atoms with E-state index in [0.29, 0.717) is 0 Å². The van der Waals surface area contributed by atoms with Crippen LogP contribution in [0.25, 0.3) is 75.1 Å². The highest BCUT2D eigenvalue weighted by atomic mass is 32.1. The third-order valence-electron chi connectivity index (χ3n) is 10.2. The van der Waals surface area contributed by atoms with Gasteiger partial charge in [0.1, 0.15) is 0 Å². The van der Waals surface area contributed by atoms with E-state index in [1.54, 1.807) is 0 Å². The van der Waals surface area contributed by atoms with E-state index in [2.05, 4.69) is 205 Å². The number of rotatable bonds is 6. The van der Waals surface area contributed by atoms with Gasteiger partial charge in [-0.05, 0) is 103 Å². The fourth-order valence-electron chi connectivity index (χ4n) is 7.56. The molecular weight excluding hydrogens is 647 g/mol. The van der Waals surface area contributed by atoms with E-state index in [1.807, 2.05) is 11.3 Å². The van der Waals surface area contributed by atoms with Gasteiger partial charge >= 0.3 is 0 Å². The molecule has 0 aliphatic heterocycles. The Morgan fingerprint density at radius 1 is 0.288 bits per heavy atom. The summed E-state index contributed by atoms with van der Waals surface area (Å²) < 4.78 is 2.68. The molecule has 9 aromatic carbocycles. The molecular formula is C50H33NS. The van der Waals surface area contributed by atoms with Crippen molar-refractivity contribution in [3.8, 4) is 33.4 Å². The van der Waals surface area contributed by atoms with Crippen LogP contribution < -0.4 is 4.90 Å². The first-order valence-corrected chi connectivity index (χ1v) is 18.6. The van der Waals surface area contributed by atoms with Crippen LogP contribution >= 0.6 is 11.3 Å². The number of hydrogen-bond acceptors (Lipinski definition) is 2. The van der Waals surface area contributed by atoms with Gasteiger partial charge in [-0.25, -0.2) is 0 Å². The average Bonchev–Trinajstić information content (AvgIpc) is 3.60. The molecule has 2 heteroatoms. The average molecular weight is 680 g/mol. The van der Waals surface area contributed by atoms with Gasteiger partial charge < -0.3 is 4.90 Å². The maximum Gasteiger partial charge on any atom is 0.0467 e. The van der Waals surface area contributed by atoms with Crippen LogP contribution in [0.5, 0.6) is 0 Å². The minimum Gasteiger partial charge on any atom is -0.310 e. The van der Waals surface area contributed by atoms with Crippen LogP contribution in [-0.4, -0.2) is 0 Å². The minimum atomic E-state index is 1.11. The SMILES string of the molecule is c1ccc(-c2cccc(N(c3ccc(-c4ccc5ccccc5c4)cc3)c3ccc(-c4ccc5c(c4)sc4c6ccccc6ccc54)cc3)c2)cc1. The van der Waals surface area contributed by atoms with Crippen molar-refractivity contribution in [2.45, 2.75) is 0 Å². The van der Waals surface area contributed by atoms with Crippen LogP contribution in [0.4, 0.5) is 17.1 Å². The first-order chi connectivity index (χ1) is 25.7. The van der Waals surface area contributed by atoms with Gasteiger partial charge in [0, 0.05) is 37.2 Å². The van der Waals surface area contributed by atoms with E-state index in [-0.39, 0.29) is 0 Å². The van der Waals surface area contributed by atoms with Crippen LogP contribution in [0.3, 0.4) is 0 Å². The molecule has 1 aromatic heterocycles. The first kappa shape index (κ1) is 30.4. The molecule has 0 saturated carbocycles. The molecule has 0 N–H and O–H groups in total. The van der Waals surface area contributed by atoms with Gasteiger partial charge in [0.05, 0.1) is 0 Å². The molecule has 10 aromatic rings. The predicted octanol–water partition coefficient (Wildman–Crippen LogP) is 14.8. The summed E-state index contributed by atoms with van der Waals surface area (Å²) in [5.74, 6) is 0. The minimum absolute atomic E-state index is 1.11. The molecule has 1 heterocycles. The highest BCUT2D eigenvalue weighted by Crippen LogP contribution is 2.42. The Kier molecular flexibility index (Phi) is 7.41. The van der Waals surface area contributed by atoms with Crippen LogP contribution in [0.1, 0.15) is 0 Å². The van der Waals surface area contributed by atoms with Gasteiger partial charge in [-0.2, -0.15) is 0 Å². The Bertz CT molecular complexity index is 2890. The summed E-state index contributed by atoms with van der Waals surface area (Å²) in [5, 5.41) is 7.79. The van der Waals surface area contributed by atoms with Crippen molar-refractivity contribution in [2.24, 2.45) is 0 Å². The summed E-state index contributed by atoms with van der Waals surface area (Å²) in [4.78, 5) is 2.36. The van der Waals surface area contributed by atoms with Gasteiger partial charge in [-0.3, -0.25) is 0 Å². The molecule has 0 aliphatic carbocycles. The van der Waals surface area contributed by atoms with Crippen LogP contribution in [-0.2, 0) is 0 Å². The highest BCUT2D eigenvalue weighted by molar-refractivity contribution is 7.26. The summed E-state index contributed by atoms with van der Waals surface area (Å²) in [6, 6.07) is 72.9. The number of hydrogen-bond donors (Lipinski definition) is 0. The summed E-state index contributed by atoms with van der Waals surface area (Å²) in [6.45, 7) is 0. The zero-order valence-electron chi connectivity index (χ0n) is 28.4. The van der Waals surface area contributed by atoms with Crippen molar-refractivity contribution < 1.29 is 0 Å². The summed E-state index contributed by atoms with van der Waals surface area (Å²) in [6.07, 6.45) is 0. The van der Waals surface area contributed by atoms with E-state index < -0.39 is 0 Å². The first-order valence-electron chi connectivity index (χ1n) is 17.7. The van der Waals surface area contributed by atoms with Crippen molar-refractivity contribution in [2.75, 3.05) is 4.90 Å². The van der Waals surface area contributed by atoms with E-state index in [4.69, 9.17) is 0 Å². The third-order valence-corrected chi connectivity index (χ3v) is 11.4. The van der Waals surface area contributed by atoms with E-state index in [9.17, 15) is 0 Å². The molecule has 0 aliphatic rings. The number of nitrogens with zero attached hydrogens (tertiary/aromatic N) is 1. The smallest absolute Gasteiger partial charge is 0.0467 e. The van der Waals surface area contributed by atoms with Crippen LogP contribution in [0.15, 0.2) is 200 Å². The van der Waals surface area contributed by atoms with E-state index in [0.717, 1.165) is 17.1 Å². The van der Waals surface area contributed by atoms with Crippen molar-refractivity contribution in [3.63, 3.8) is 0 Å². The second-order valence-electron chi connectivity index (χ2n) is 13.4. The Morgan fingerprint density at radius 2 is 0.827 bits per heavy atom. The summed E-state index contributed by atoms with van der Waals surface area (Å²) in [5.41, 5.74) is 10.6. The molecule has 0 saturated heterocycles. The Hall–Kier alpha value is -6.48. The van der Waals surface area contributed by atoms with Gasteiger partial charge in [-0.1, -0.05) is 152 Å². The lowest BCUT2D eigenvalue weighted by atomic mass is 10.00. The summed E-state index contributed by atoms with van der Waals surface area (Å²) >= 11 is 1.89. The molecule has 0 amide bonds. The van der Waals surface area contributed by atoms with Crippen LogP contribution in [0.2, 0.25) is 0 Å². The van der Waals surface area contributed by atoms with E-state index >= 15 is 0 Å². The quantitative estimate of drug-likeness (QED) is 0.169. The third kappa shape index (κ3) is 5.42. The maximum atomic E-state index is 2.36. The molecule has 0 atom stereocenters. The molecule has 0 unspecified atom stereocenters. The number of anilines is 3. The lowest BCUT2D eigenvalue weighted by Crippen LogP contribution is -2.10. The molecule has 1 nitrogen and oxygen atoms in total. The van der Waals surface area contributed by atoms with Gasteiger partial charge in [0.2, 0.25) is 0 Å². The summed E-state index contributed by atoms with van der Waals surface area (Å²) in [7, 11) is 0. The molecule has 0 radical (unpaired) electrons. The van der Waals surface area contributed by atoms with Crippen molar-refractivity contribution in [3.05, 3.63) is 200 Å². The van der Waals surface area contributed by atoms with Gasteiger partial charge in [0.15, 0.2) is 0 Å². The van der Waals surface area contributed by atoms with Crippen molar-refractivity contribution in [1.29, 1.82) is 0 Å². The predicted molar refractivity (Wildman–Crippen MR) is 225 cm³/mol. The number of benzene rings is 9. The molecule has 244 valence electrons. The van der Waals surface area contributed by atoms with E-state index in [1.165, 1.54) is 75.1 Å². The standard InChI is InChI=1S/C50H33NS/c1-2-9-34(10-3-1)40-14-8-15-45(32-40)51(43-25-19-36(20-26-43)41-18-17-35-11-4-5-13-39(35)31-41)44-27-21-37(22-28-44)42-24-29-47-48-30-23-38-12-6-7-16-46(38)50(48)52-49(47)33-42/h1-33H. The molecule has 0 spiro atoms. The molecule has 0 fully saturated rings. The Morgan fingerprint density at radius 3 is 1.60 bits per heavy atom. The molecule has 52 heavy (non-hydrogen) atoms. The van der Waals surface area contributed by atoms with Crippen molar-refractivity contribution in [1.82, 2.24) is 0 Å². The second kappa shape index (κ2) is 12.7. The fraction of sp³-hybridized carbons (Fsp3) is 0. The number of fused-ring (bicyclic) bond motifs is 6. The highest BCUT2D eigenvalue weighted by Gasteiger charge is 2.15. The van der Waals surface area contributed by atoms with Gasteiger partial charge in [-0.15, -0.1) is 11.3 Å². The lowest BCUT2D eigenvalue weighted by molar-refractivity contribution is 1.28. The number of thiophene rings is 1. The zero-order chi connectivity index (χ0) is 34.4. The van der Waals surface area contributed by atoms with Crippen LogP contribution in [0, 0.1) is 0 Å².